The van der Waals surface area contributed by atoms with Gasteiger partial charge in [0.25, 0.3) is 0 Å². The normalized spacial score (nSPS) is 27.5. The standard InChI is InChI=1S/C18H23N3O3/c1-12-2-3-14-15(8-12)20-16(19-14)4-6-21-9-13-10-24-7-5-18(13,11-21)17(22)23/h2-3,8,13H,4-7,9-11H2,1H3,(H,19,20)(H,22,23)/t13-,18+/m1/s1. The highest BCUT2D eigenvalue weighted by molar-refractivity contribution is 5.76. The van der Waals surface area contributed by atoms with Gasteiger partial charge in [-0.25, -0.2) is 4.98 Å². The van der Waals surface area contributed by atoms with Crippen LogP contribution in [0, 0.1) is 18.3 Å². The first kappa shape index (κ1) is 15.6. The number of H-pyrrole nitrogens is 1. The number of likely N-dealkylation sites (tertiary alicyclic amines) is 1. The third kappa shape index (κ3) is 2.59. The zero-order valence-electron chi connectivity index (χ0n) is 13.9. The molecule has 2 aliphatic rings. The predicted octanol–water partition coefficient (Wildman–Crippen LogP) is 1.84. The summed E-state index contributed by atoms with van der Waals surface area (Å²) in [6, 6.07) is 6.20. The molecule has 6 heteroatoms. The van der Waals surface area contributed by atoms with Crippen molar-refractivity contribution in [2.24, 2.45) is 11.3 Å². The maximum Gasteiger partial charge on any atom is 0.311 e. The number of aryl methyl sites for hydroxylation is 1. The van der Waals surface area contributed by atoms with Gasteiger partial charge in [-0.1, -0.05) is 6.07 Å². The van der Waals surface area contributed by atoms with Crippen molar-refractivity contribution in [3.63, 3.8) is 0 Å². The smallest absolute Gasteiger partial charge is 0.311 e. The first-order valence-electron chi connectivity index (χ1n) is 8.55. The molecule has 3 heterocycles. The molecule has 1 aromatic carbocycles. The molecule has 0 bridgehead atoms. The molecular formula is C18H23N3O3. The van der Waals surface area contributed by atoms with Crippen molar-refractivity contribution in [1.82, 2.24) is 14.9 Å². The number of ether oxygens (including phenoxy) is 1. The van der Waals surface area contributed by atoms with E-state index in [0.29, 0.717) is 26.2 Å². The third-order valence-corrected chi connectivity index (χ3v) is 5.55. The number of nitrogens with zero attached hydrogens (tertiary/aromatic N) is 2. The van der Waals surface area contributed by atoms with Crippen molar-refractivity contribution in [2.45, 2.75) is 19.8 Å². The summed E-state index contributed by atoms with van der Waals surface area (Å²) in [5, 5.41) is 9.72. The quantitative estimate of drug-likeness (QED) is 0.895. The summed E-state index contributed by atoms with van der Waals surface area (Å²) >= 11 is 0. The number of aromatic amines is 1. The van der Waals surface area contributed by atoms with E-state index in [4.69, 9.17) is 4.74 Å². The van der Waals surface area contributed by atoms with E-state index in [1.807, 2.05) is 6.07 Å². The second-order valence-corrected chi connectivity index (χ2v) is 7.17. The van der Waals surface area contributed by atoms with Gasteiger partial charge in [-0.2, -0.15) is 0 Å². The second-order valence-electron chi connectivity index (χ2n) is 7.17. The van der Waals surface area contributed by atoms with Crippen molar-refractivity contribution in [2.75, 3.05) is 32.8 Å². The Bertz CT molecular complexity index is 772. The summed E-state index contributed by atoms with van der Waals surface area (Å²) in [5.74, 6) is 0.394. The van der Waals surface area contributed by atoms with E-state index in [1.54, 1.807) is 0 Å². The molecule has 0 saturated carbocycles. The highest BCUT2D eigenvalue weighted by Crippen LogP contribution is 2.42. The van der Waals surface area contributed by atoms with Crippen molar-refractivity contribution >= 4 is 17.0 Å². The first-order valence-corrected chi connectivity index (χ1v) is 8.55. The van der Waals surface area contributed by atoms with Gasteiger partial charge in [0, 0.05) is 38.6 Å². The Hall–Kier alpha value is -1.92. The highest BCUT2D eigenvalue weighted by Gasteiger charge is 2.53. The molecule has 0 radical (unpaired) electrons. The molecule has 0 unspecified atom stereocenters. The average molecular weight is 329 g/mol. The molecule has 2 aromatic rings. The molecule has 6 nitrogen and oxygen atoms in total. The summed E-state index contributed by atoms with van der Waals surface area (Å²) in [6.07, 6.45) is 1.42. The molecule has 0 aliphatic carbocycles. The first-order chi connectivity index (χ1) is 11.6. The lowest BCUT2D eigenvalue weighted by molar-refractivity contribution is -0.157. The molecule has 2 atom stereocenters. The molecule has 2 saturated heterocycles. The number of rotatable bonds is 4. The van der Waals surface area contributed by atoms with Gasteiger partial charge in [-0.05, 0) is 31.0 Å². The van der Waals surface area contributed by atoms with Crippen LogP contribution in [0.3, 0.4) is 0 Å². The molecule has 2 aliphatic heterocycles. The molecule has 24 heavy (non-hydrogen) atoms. The Labute approximate surface area is 140 Å². The Morgan fingerprint density at radius 3 is 3.21 bits per heavy atom. The van der Waals surface area contributed by atoms with Crippen LogP contribution in [0.1, 0.15) is 17.8 Å². The van der Waals surface area contributed by atoms with E-state index >= 15 is 0 Å². The summed E-state index contributed by atoms with van der Waals surface area (Å²) in [7, 11) is 0. The van der Waals surface area contributed by atoms with Crippen molar-refractivity contribution in [3.8, 4) is 0 Å². The number of benzene rings is 1. The number of hydrogen-bond acceptors (Lipinski definition) is 4. The molecule has 2 fully saturated rings. The molecule has 1 aromatic heterocycles. The van der Waals surface area contributed by atoms with E-state index in [2.05, 4.69) is 33.9 Å². The van der Waals surface area contributed by atoms with Crippen molar-refractivity contribution < 1.29 is 14.6 Å². The zero-order chi connectivity index (χ0) is 16.7. The van der Waals surface area contributed by atoms with Gasteiger partial charge >= 0.3 is 5.97 Å². The van der Waals surface area contributed by atoms with Crippen LogP contribution < -0.4 is 0 Å². The number of carboxylic acids is 1. The largest absolute Gasteiger partial charge is 0.481 e. The Kier molecular flexibility index (Phi) is 3.81. The second kappa shape index (κ2) is 5.86. The molecular weight excluding hydrogens is 306 g/mol. The van der Waals surface area contributed by atoms with E-state index in [-0.39, 0.29) is 5.92 Å². The highest BCUT2D eigenvalue weighted by atomic mass is 16.5. The predicted molar refractivity (Wildman–Crippen MR) is 90.0 cm³/mol. The maximum absolute atomic E-state index is 11.8. The van der Waals surface area contributed by atoms with Gasteiger partial charge in [0.15, 0.2) is 0 Å². The number of hydrogen-bond donors (Lipinski definition) is 2. The summed E-state index contributed by atoms with van der Waals surface area (Å²) in [6.45, 7) is 5.43. The molecule has 2 N–H and O–H groups in total. The van der Waals surface area contributed by atoms with E-state index in [9.17, 15) is 9.90 Å². The number of carbonyl (C=O) groups is 1. The van der Waals surface area contributed by atoms with Crippen LogP contribution in [0.4, 0.5) is 0 Å². The fourth-order valence-electron chi connectivity index (χ4n) is 4.13. The molecule has 4 rings (SSSR count). The van der Waals surface area contributed by atoms with Crippen molar-refractivity contribution in [3.05, 3.63) is 29.6 Å². The zero-order valence-corrected chi connectivity index (χ0v) is 13.9. The van der Waals surface area contributed by atoms with Crippen LogP contribution in [0.5, 0.6) is 0 Å². The summed E-state index contributed by atoms with van der Waals surface area (Å²) in [5.41, 5.74) is 2.64. The maximum atomic E-state index is 11.8. The van der Waals surface area contributed by atoms with E-state index in [1.165, 1.54) is 5.56 Å². The van der Waals surface area contributed by atoms with Gasteiger partial charge in [0.05, 0.1) is 23.1 Å². The number of nitrogens with one attached hydrogen (secondary N) is 1. The summed E-state index contributed by atoms with van der Waals surface area (Å²) in [4.78, 5) is 22.1. The monoisotopic (exact) mass is 329 g/mol. The fraction of sp³-hybridized carbons (Fsp3) is 0.556. The van der Waals surface area contributed by atoms with Gasteiger partial charge in [0.1, 0.15) is 5.82 Å². The van der Waals surface area contributed by atoms with Crippen LogP contribution in [-0.4, -0.2) is 58.8 Å². The lowest BCUT2D eigenvalue weighted by atomic mass is 9.74. The molecule has 128 valence electrons. The minimum atomic E-state index is -0.669. The van der Waals surface area contributed by atoms with Crippen LogP contribution >= 0.6 is 0 Å². The molecule has 0 spiro atoms. The number of fused-ring (bicyclic) bond motifs is 2. The Balaban J connectivity index is 1.45. The van der Waals surface area contributed by atoms with Crippen LogP contribution in [0.25, 0.3) is 11.0 Å². The Morgan fingerprint density at radius 1 is 1.54 bits per heavy atom. The van der Waals surface area contributed by atoms with Gasteiger partial charge in [0.2, 0.25) is 0 Å². The minimum Gasteiger partial charge on any atom is -0.481 e. The van der Waals surface area contributed by atoms with E-state index in [0.717, 1.165) is 36.4 Å². The van der Waals surface area contributed by atoms with Crippen LogP contribution in [0.2, 0.25) is 0 Å². The lowest BCUT2D eigenvalue weighted by Gasteiger charge is -2.34. The number of imidazole rings is 1. The Morgan fingerprint density at radius 2 is 2.42 bits per heavy atom. The minimum absolute atomic E-state index is 0.0991. The van der Waals surface area contributed by atoms with Gasteiger partial charge in [-0.3, -0.25) is 4.79 Å². The average Bonchev–Trinajstić information content (AvgIpc) is 3.13. The number of aromatic nitrogens is 2. The molecule has 0 amide bonds. The SMILES string of the molecule is Cc1ccc2nc(CCN3C[C@@H]4COCC[C@]4(C(=O)O)C3)[nH]c2c1. The van der Waals surface area contributed by atoms with Gasteiger partial charge < -0.3 is 19.7 Å². The van der Waals surface area contributed by atoms with Crippen LogP contribution in [0.15, 0.2) is 18.2 Å². The van der Waals surface area contributed by atoms with Crippen molar-refractivity contribution in [1.29, 1.82) is 0 Å². The number of aliphatic carboxylic acids is 1. The topological polar surface area (TPSA) is 78.5 Å². The fourth-order valence-corrected chi connectivity index (χ4v) is 4.13. The van der Waals surface area contributed by atoms with E-state index < -0.39 is 11.4 Å². The lowest BCUT2D eigenvalue weighted by Crippen LogP contribution is -2.44. The van der Waals surface area contributed by atoms with Crippen LogP contribution in [-0.2, 0) is 16.0 Å². The number of carboxylic acid groups (broad SMARTS) is 1. The third-order valence-electron chi connectivity index (χ3n) is 5.55. The van der Waals surface area contributed by atoms with Gasteiger partial charge in [-0.15, -0.1) is 0 Å². The summed E-state index contributed by atoms with van der Waals surface area (Å²) < 4.78 is 5.51.